The molecule has 0 saturated heterocycles. The predicted molar refractivity (Wildman–Crippen MR) is 48.1 cm³/mol. The van der Waals surface area contributed by atoms with E-state index in [1.807, 2.05) is 0 Å². The molecule has 2 aromatic rings. The van der Waals surface area contributed by atoms with Gasteiger partial charge in [-0.15, -0.1) is 11.3 Å². The zero-order chi connectivity index (χ0) is 10.9. The fraction of sp³-hybridized carbons (Fsp3) is 0.125. The van der Waals surface area contributed by atoms with Crippen LogP contribution < -0.4 is 0 Å². The van der Waals surface area contributed by atoms with Gasteiger partial charge < -0.3 is 0 Å². The molecule has 0 fully saturated rings. The van der Waals surface area contributed by atoms with Crippen molar-refractivity contribution in [1.29, 1.82) is 0 Å². The van der Waals surface area contributed by atoms with Gasteiger partial charge in [-0.25, -0.2) is 4.98 Å². The van der Waals surface area contributed by atoms with Gasteiger partial charge in [-0.2, -0.15) is 13.2 Å². The summed E-state index contributed by atoms with van der Waals surface area (Å²) in [7, 11) is 0. The third kappa shape index (κ3) is 2.12. The lowest BCUT2D eigenvalue weighted by Crippen LogP contribution is -2.03. The summed E-state index contributed by atoms with van der Waals surface area (Å²) in [6.07, 6.45) is -0.178. The van der Waals surface area contributed by atoms with Crippen molar-refractivity contribution in [2.24, 2.45) is 0 Å². The molecule has 0 aromatic carbocycles. The van der Waals surface area contributed by atoms with Crippen molar-refractivity contribution >= 4 is 11.3 Å². The van der Waals surface area contributed by atoms with Gasteiger partial charge in [-0.3, -0.25) is 9.97 Å². The van der Waals surface area contributed by atoms with Crippen LogP contribution in [0.5, 0.6) is 0 Å². The Hall–Kier alpha value is -1.50. The maximum Gasteiger partial charge on any atom is 0.443 e. The van der Waals surface area contributed by atoms with Crippen molar-refractivity contribution in [3.63, 3.8) is 0 Å². The van der Waals surface area contributed by atoms with E-state index in [0.717, 1.165) is 0 Å². The largest absolute Gasteiger partial charge is 0.443 e. The monoisotopic (exact) mass is 231 g/mol. The van der Waals surface area contributed by atoms with Gasteiger partial charge in [-0.05, 0) is 0 Å². The fourth-order valence-corrected chi connectivity index (χ4v) is 1.63. The zero-order valence-electron chi connectivity index (χ0n) is 7.19. The first-order chi connectivity index (χ1) is 7.07. The second-order valence-corrected chi connectivity index (χ2v) is 3.48. The van der Waals surface area contributed by atoms with Gasteiger partial charge in [0, 0.05) is 17.8 Å². The minimum absolute atomic E-state index is 0.195. The summed E-state index contributed by atoms with van der Waals surface area (Å²) >= 11 is 0.547. The molecule has 0 radical (unpaired) electrons. The van der Waals surface area contributed by atoms with E-state index in [2.05, 4.69) is 15.0 Å². The summed E-state index contributed by atoms with van der Waals surface area (Å²) in [5, 5.41) is 0.440. The molecule has 15 heavy (non-hydrogen) atoms. The lowest BCUT2D eigenvalue weighted by atomic mass is 10.3. The molecule has 3 nitrogen and oxygen atoms in total. The van der Waals surface area contributed by atoms with Crippen molar-refractivity contribution in [2.75, 3.05) is 0 Å². The molecule has 0 unspecified atom stereocenters. The van der Waals surface area contributed by atoms with Gasteiger partial charge >= 0.3 is 6.18 Å². The number of alkyl halides is 3. The summed E-state index contributed by atoms with van der Waals surface area (Å²) in [5.74, 6) is 0. The molecule has 0 spiro atoms. The minimum atomic E-state index is -4.40. The molecule has 0 amide bonds. The Balaban J connectivity index is 2.37. The van der Waals surface area contributed by atoms with Crippen LogP contribution in [0, 0.1) is 0 Å². The standard InChI is InChI=1S/C8H4F3N3S/c9-8(10,11)7-14-6(4-15-7)5-3-12-1-2-13-5/h1-4H. The summed E-state index contributed by atoms with van der Waals surface area (Å²) in [4.78, 5) is 11.1. The first-order valence-corrected chi connectivity index (χ1v) is 4.74. The van der Waals surface area contributed by atoms with Crippen LogP contribution in [0.15, 0.2) is 24.0 Å². The average Bonchev–Trinajstić information content (AvgIpc) is 2.67. The quantitative estimate of drug-likeness (QED) is 0.757. The Bertz CT molecular complexity index is 452. The van der Waals surface area contributed by atoms with Crippen LogP contribution in [0.1, 0.15) is 5.01 Å². The molecule has 0 aliphatic heterocycles. The highest BCUT2D eigenvalue weighted by atomic mass is 32.1. The highest BCUT2D eigenvalue weighted by molar-refractivity contribution is 7.10. The van der Waals surface area contributed by atoms with E-state index < -0.39 is 11.2 Å². The van der Waals surface area contributed by atoms with E-state index in [4.69, 9.17) is 0 Å². The Morgan fingerprint density at radius 2 is 1.93 bits per heavy atom. The van der Waals surface area contributed by atoms with Crippen LogP contribution in [0.2, 0.25) is 0 Å². The van der Waals surface area contributed by atoms with Gasteiger partial charge in [0.1, 0.15) is 11.4 Å². The molecular weight excluding hydrogens is 227 g/mol. The van der Waals surface area contributed by atoms with Crippen LogP contribution >= 0.6 is 11.3 Å². The SMILES string of the molecule is FC(F)(F)c1nc(-c2cnccn2)cs1. The number of nitrogens with zero attached hydrogens (tertiary/aromatic N) is 3. The molecule has 0 atom stereocenters. The Labute approximate surface area is 86.6 Å². The molecule has 2 rings (SSSR count). The second kappa shape index (κ2) is 3.58. The molecule has 0 N–H and O–H groups in total. The van der Waals surface area contributed by atoms with Gasteiger partial charge in [0.05, 0.1) is 6.20 Å². The smallest absolute Gasteiger partial charge is 0.261 e. The maximum absolute atomic E-state index is 12.2. The predicted octanol–water partition coefficient (Wildman–Crippen LogP) is 2.62. The topological polar surface area (TPSA) is 38.7 Å². The minimum Gasteiger partial charge on any atom is -0.261 e. The van der Waals surface area contributed by atoms with Crippen molar-refractivity contribution in [1.82, 2.24) is 15.0 Å². The van der Waals surface area contributed by atoms with E-state index in [-0.39, 0.29) is 5.69 Å². The first kappa shape index (κ1) is 10.0. The van der Waals surface area contributed by atoms with E-state index in [1.165, 1.54) is 24.0 Å². The highest BCUT2D eigenvalue weighted by Gasteiger charge is 2.34. The van der Waals surface area contributed by atoms with Crippen LogP contribution in [0.25, 0.3) is 11.4 Å². The molecule has 0 saturated carbocycles. The molecule has 78 valence electrons. The van der Waals surface area contributed by atoms with E-state index in [0.29, 0.717) is 17.0 Å². The molecule has 0 bridgehead atoms. The summed E-state index contributed by atoms with van der Waals surface area (Å²) in [6.45, 7) is 0. The van der Waals surface area contributed by atoms with Gasteiger partial charge in [0.25, 0.3) is 0 Å². The normalized spacial score (nSPS) is 11.7. The van der Waals surface area contributed by atoms with E-state index in [9.17, 15) is 13.2 Å². The number of hydrogen-bond acceptors (Lipinski definition) is 4. The lowest BCUT2D eigenvalue weighted by molar-refractivity contribution is -0.137. The first-order valence-electron chi connectivity index (χ1n) is 3.86. The maximum atomic E-state index is 12.2. The molecule has 0 aliphatic rings. The van der Waals surface area contributed by atoms with E-state index in [1.54, 1.807) is 0 Å². The number of thiazole rings is 1. The van der Waals surface area contributed by atoms with E-state index >= 15 is 0 Å². The Morgan fingerprint density at radius 3 is 2.47 bits per heavy atom. The summed E-state index contributed by atoms with van der Waals surface area (Å²) < 4.78 is 36.7. The van der Waals surface area contributed by atoms with Crippen LogP contribution in [0.3, 0.4) is 0 Å². The van der Waals surface area contributed by atoms with Crippen LogP contribution in [0.4, 0.5) is 13.2 Å². The highest BCUT2D eigenvalue weighted by Crippen LogP contribution is 2.33. The zero-order valence-corrected chi connectivity index (χ0v) is 8.01. The van der Waals surface area contributed by atoms with Gasteiger partial charge in [-0.1, -0.05) is 0 Å². The number of hydrogen-bond donors (Lipinski definition) is 0. The number of halogens is 3. The third-order valence-corrected chi connectivity index (χ3v) is 2.46. The number of rotatable bonds is 1. The second-order valence-electron chi connectivity index (χ2n) is 2.63. The average molecular weight is 231 g/mol. The molecule has 2 heterocycles. The summed E-state index contributed by atoms with van der Waals surface area (Å²) in [6, 6.07) is 0. The van der Waals surface area contributed by atoms with Crippen LogP contribution in [-0.2, 0) is 6.18 Å². The lowest BCUT2D eigenvalue weighted by Gasteiger charge is -1.99. The van der Waals surface area contributed by atoms with Crippen molar-refractivity contribution < 1.29 is 13.2 Å². The van der Waals surface area contributed by atoms with Gasteiger partial charge in [0.2, 0.25) is 0 Å². The van der Waals surface area contributed by atoms with Crippen molar-refractivity contribution in [2.45, 2.75) is 6.18 Å². The Kier molecular flexibility index (Phi) is 2.39. The summed E-state index contributed by atoms with van der Waals surface area (Å²) in [5.41, 5.74) is 0.532. The molecule has 0 aliphatic carbocycles. The Morgan fingerprint density at radius 1 is 1.13 bits per heavy atom. The van der Waals surface area contributed by atoms with Crippen LogP contribution in [-0.4, -0.2) is 15.0 Å². The van der Waals surface area contributed by atoms with Crippen molar-refractivity contribution in [3.05, 3.63) is 29.0 Å². The fourth-order valence-electron chi connectivity index (χ4n) is 0.953. The molecular formula is C8H4F3N3S. The number of aromatic nitrogens is 3. The third-order valence-electron chi connectivity index (χ3n) is 1.57. The molecule has 7 heteroatoms. The van der Waals surface area contributed by atoms with Gasteiger partial charge in [0.15, 0.2) is 5.01 Å². The van der Waals surface area contributed by atoms with Crippen molar-refractivity contribution in [3.8, 4) is 11.4 Å². The molecule has 2 aromatic heterocycles.